The van der Waals surface area contributed by atoms with Gasteiger partial charge in [-0.1, -0.05) is 25.1 Å². The van der Waals surface area contributed by atoms with E-state index in [1.165, 1.54) is 0 Å². The van der Waals surface area contributed by atoms with Crippen molar-refractivity contribution in [3.63, 3.8) is 0 Å². The molecular formula is C18H23N3O2. The molecular weight excluding hydrogens is 290 g/mol. The molecule has 0 spiro atoms. The normalized spacial score (nSPS) is 20.6. The predicted molar refractivity (Wildman–Crippen MR) is 90.8 cm³/mol. The zero-order valence-electron chi connectivity index (χ0n) is 13.6. The molecule has 0 saturated carbocycles. The van der Waals surface area contributed by atoms with Gasteiger partial charge in [0.2, 0.25) is 0 Å². The number of methoxy groups -OCH3 is 1. The minimum absolute atomic E-state index is 0.0941. The Morgan fingerprint density at radius 3 is 2.65 bits per heavy atom. The van der Waals surface area contributed by atoms with E-state index in [1.54, 1.807) is 7.11 Å². The summed E-state index contributed by atoms with van der Waals surface area (Å²) >= 11 is 0. The molecule has 122 valence electrons. The van der Waals surface area contributed by atoms with E-state index in [9.17, 15) is 4.79 Å². The number of pyridine rings is 1. The van der Waals surface area contributed by atoms with E-state index in [2.05, 4.69) is 22.8 Å². The monoisotopic (exact) mass is 313 g/mol. The van der Waals surface area contributed by atoms with E-state index in [0.717, 1.165) is 36.5 Å². The van der Waals surface area contributed by atoms with Crippen LogP contribution in [0.4, 0.5) is 0 Å². The highest BCUT2D eigenvalue weighted by Crippen LogP contribution is 2.26. The van der Waals surface area contributed by atoms with Crippen LogP contribution in [0.25, 0.3) is 0 Å². The lowest BCUT2D eigenvalue weighted by atomic mass is 9.90. The second-order valence-electron chi connectivity index (χ2n) is 5.91. The molecule has 2 aromatic rings. The van der Waals surface area contributed by atoms with Crippen LogP contribution in [0.5, 0.6) is 5.75 Å². The fraction of sp³-hybridized carbons (Fsp3) is 0.389. The summed E-state index contributed by atoms with van der Waals surface area (Å²) in [5, 5.41) is 6.88. The van der Waals surface area contributed by atoms with E-state index in [-0.39, 0.29) is 11.1 Å². The van der Waals surface area contributed by atoms with Crippen molar-refractivity contribution in [2.45, 2.75) is 25.4 Å². The summed E-state index contributed by atoms with van der Waals surface area (Å²) in [4.78, 5) is 12.6. The zero-order chi connectivity index (χ0) is 16.3. The van der Waals surface area contributed by atoms with Gasteiger partial charge in [0.1, 0.15) is 5.75 Å². The van der Waals surface area contributed by atoms with Crippen molar-refractivity contribution in [1.29, 1.82) is 0 Å². The average Bonchev–Trinajstić information content (AvgIpc) is 3.06. The van der Waals surface area contributed by atoms with Crippen LogP contribution in [0.3, 0.4) is 0 Å². The smallest absolute Gasteiger partial charge is 0.253 e. The molecule has 0 aliphatic carbocycles. The first-order valence-corrected chi connectivity index (χ1v) is 7.97. The van der Waals surface area contributed by atoms with Crippen molar-refractivity contribution in [3.8, 4) is 5.75 Å². The molecule has 1 saturated heterocycles. The van der Waals surface area contributed by atoms with Gasteiger partial charge in [-0.25, -0.2) is 0 Å². The molecule has 5 heteroatoms. The first-order valence-electron chi connectivity index (χ1n) is 7.97. The van der Waals surface area contributed by atoms with Crippen LogP contribution in [0.15, 0.2) is 47.4 Å². The van der Waals surface area contributed by atoms with Crippen molar-refractivity contribution >= 4 is 0 Å². The number of aromatic nitrogens is 1. The lowest BCUT2D eigenvalue weighted by Crippen LogP contribution is -2.45. The molecule has 5 nitrogen and oxygen atoms in total. The van der Waals surface area contributed by atoms with E-state index in [1.807, 2.05) is 42.0 Å². The molecule has 1 fully saturated rings. The molecule has 2 heterocycles. The second-order valence-corrected chi connectivity index (χ2v) is 5.91. The van der Waals surface area contributed by atoms with Crippen LogP contribution in [0.1, 0.15) is 18.1 Å². The maximum Gasteiger partial charge on any atom is 0.253 e. The molecule has 1 aliphatic heterocycles. The van der Waals surface area contributed by atoms with E-state index in [0.29, 0.717) is 6.54 Å². The van der Waals surface area contributed by atoms with Crippen LogP contribution in [0.2, 0.25) is 0 Å². The van der Waals surface area contributed by atoms with Crippen LogP contribution in [0, 0.1) is 0 Å². The number of hydrogen-bond acceptors (Lipinski definition) is 4. The highest BCUT2D eigenvalue weighted by molar-refractivity contribution is 5.33. The van der Waals surface area contributed by atoms with Gasteiger partial charge in [-0.15, -0.1) is 0 Å². The molecule has 1 atom stereocenters. The maximum absolute atomic E-state index is 12.6. The molecule has 1 aromatic heterocycles. The van der Waals surface area contributed by atoms with E-state index in [4.69, 9.17) is 4.74 Å². The predicted octanol–water partition coefficient (Wildman–Crippen LogP) is 1.47. The van der Waals surface area contributed by atoms with Gasteiger partial charge in [0, 0.05) is 31.5 Å². The van der Waals surface area contributed by atoms with E-state index < -0.39 is 0 Å². The Hall–Kier alpha value is -2.11. The van der Waals surface area contributed by atoms with Crippen molar-refractivity contribution in [2.75, 3.05) is 20.3 Å². The minimum Gasteiger partial charge on any atom is -0.497 e. The molecule has 0 amide bonds. The maximum atomic E-state index is 12.6. The summed E-state index contributed by atoms with van der Waals surface area (Å²) in [6, 6.07) is 11.9. The quantitative estimate of drug-likeness (QED) is 0.878. The Bertz CT molecular complexity index is 716. The Balaban J connectivity index is 1.97. The van der Waals surface area contributed by atoms with Gasteiger partial charge in [0.05, 0.1) is 12.6 Å². The number of nitrogens with zero attached hydrogens (tertiary/aromatic N) is 1. The van der Waals surface area contributed by atoms with Gasteiger partial charge >= 0.3 is 0 Å². The Morgan fingerprint density at radius 2 is 2.04 bits per heavy atom. The van der Waals surface area contributed by atoms with Crippen LogP contribution in [-0.2, 0) is 18.5 Å². The minimum atomic E-state index is -0.289. The van der Waals surface area contributed by atoms with Gasteiger partial charge in [0.15, 0.2) is 0 Å². The zero-order valence-corrected chi connectivity index (χ0v) is 13.6. The van der Waals surface area contributed by atoms with Crippen molar-refractivity contribution in [3.05, 3.63) is 64.1 Å². The molecule has 0 radical (unpaired) electrons. The second kappa shape index (κ2) is 6.56. The molecule has 1 unspecified atom stereocenters. The third-order valence-electron chi connectivity index (χ3n) is 4.54. The Labute approximate surface area is 136 Å². The summed E-state index contributed by atoms with van der Waals surface area (Å²) in [6.07, 6.45) is 2.62. The molecule has 23 heavy (non-hydrogen) atoms. The third kappa shape index (κ3) is 3.02. The topological polar surface area (TPSA) is 55.3 Å². The van der Waals surface area contributed by atoms with Gasteiger partial charge in [-0.2, -0.15) is 0 Å². The third-order valence-corrected chi connectivity index (χ3v) is 4.54. The number of nitrogens with one attached hydrogen (secondary N) is 2. The molecule has 1 aliphatic rings. The fourth-order valence-corrected chi connectivity index (χ4v) is 3.16. The number of benzene rings is 1. The lowest BCUT2D eigenvalue weighted by Gasteiger charge is -2.30. The summed E-state index contributed by atoms with van der Waals surface area (Å²) in [5.74, 6) is 0.833. The van der Waals surface area contributed by atoms with Crippen LogP contribution >= 0.6 is 0 Å². The van der Waals surface area contributed by atoms with E-state index >= 15 is 0 Å². The lowest BCUT2D eigenvalue weighted by molar-refractivity contribution is 0.344. The summed E-state index contributed by atoms with van der Waals surface area (Å²) in [7, 11) is 1.66. The molecule has 1 aromatic carbocycles. The van der Waals surface area contributed by atoms with Gasteiger partial charge in [-0.3, -0.25) is 10.1 Å². The number of ether oxygens (including phenoxy) is 1. The van der Waals surface area contributed by atoms with Gasteiger partial charge in [0.25, 0.3) is 5.56 Å². The first kappa shape index (κ1) is 15.8. The standard InChI is InChI=1S/C18H23N3O2/c1-3-14-5-4-10-21(17(14)22)12-18(11-19-13-20-18)15-6-8-16(23-2)9-7-15/h4-10,19-20H,3,11-13H2,1-2H3. The Kier molecular flexibility index (Phi) is 4.50. The summed E-state index contributed by atoms with van der Waals surface area (Å²) < 4.78 is 7.05. The van der Waals surface area contributed by atoms with Gasteiger partial charge in [-0.05, 0) is 30.2 Å². The number of hydrogen-bond donors (Lipinski definition) is 2. The van der Waals surface area contributed by atoms with Crippen molar-refractivity contribution in [2.24, 2.45) is 0 Å². The highest BCUT2D eigenvalue weighted by atomic mass is 16.5. The largest absolute Gasteiger partial charge is 0.497 e. The SMILES string of the molecule is CCc1cccn(CC2(c3ccc(OC)cc3)CNCN2)c1=O. The molecule has 0 bridgehead atoms. The van der Waals surface area contributed by atoms with Crippen LogP contribution < -0.4 is 20.9 Å². The first-order chi connectivity index (χ1) is 11.2. The average molecular weight is 313 g/mol. The molecule has 3 rings (SSSR count). The van der Waals surface area contributed by atoms with Crippen molar-refractivity contribution in [1.82, 2.24) is 15.2 Å². The van der Waals surface area contributed by atoms with Crippen LogP contribution in [-0.4, -0.2) is 24.9 Å². The number of rotatable bonds is 5. The fourth-order valence-electron chi connectivity index (χ4n) is 3.16. The molecule has 2 N–H and O–H groups in total. The number of aryl methyl sites for hydroxylation is 1. The van der Waals surface area contributed by atoms with Crippen molar-refractivity contribution < 1.29 is 4.74 Å². The van der Waals surface area contributed by atoms with Gasteiger partial charge < -0.3 is 14.6 Å². The Morgan fingerprint density at radius 1 is 1.26 bits per heavy atom. The highest BCUT2D eigenvalue weighted by Gasteiger charge is 2.36. The summed E-state index contributed by atoms with van der Waals surface area (Å²) in [6.45, 7) is 4.12. The summed E-state index contributed by atoms with van der Waals surface area (Å²) in [5.41, 5.74) is 1.81.